The van der Waals surface area contributed by atoms with E-state index < -0.39 is 29.9 Å². The van der Waals surface area contributed by atoms with Gasteiger partial charge in [0.25, 0.3) is 0 Å². The van der Waals surface area contributed by atoms with Crippen LogP contribution < -0.4 is 4.74 Å². The molecule has 2 unspecified atom stereocenters. The molecule has 2 rings (SSSR count). The van der Waals surface area contributed by atoms with Crippen LogP contribution in [0.4, 0.5) is 13.2 Å². The molecule has 0 saturated heterocycles. The van der Waals surface area contributed by atoms with Gasteiger partial charge in [0, 0.05) is 17.4 Å². The van der Waals surface area contributed by atoms with Crippen LogP contribution in [-0.2, 0) is 10.2 Å². The number of rotatable bonds is 3. The molecule has 1 aliphatic rings. The lowest BCUT2D eigenvalue weighted by Gasteiger charge is -2.40. The second kappa shape index (κ2) is 4.77. The van der Waals surface area contributed by atoms with Crippen LogP contribution in [0.2, 0.25) is 0 Å². The molecule has 1 N–H and O–H groups in total. The number of fused-ring (bicyclic) bond motifs is 1. The maximum absolute atomic E-state index is 12.9. The number of halogens is 3. The molecule has 0 aliphatic carbocycles. The molecular weight excluding hydrogens is 273 g/mol. The second-order valence-corrected chi connectivity index (χ2v) is 5.37. The van der Waals surface area contributed by atoms with Gasteiger partial charge in [-0.1, -0.05) is 25.1 Å². The van der Waals surface area contributed by atoms with Gasteiger partial charge in [-0.3, -0.25) is 4.79 Å². The minimum Gasteiger partial charge on any atom is -0.493 e. The molecule has 3 nitrogen and oxygen atoms in total. The van der Waals surface area contributed by atoms with E-state index >= 15 is 0 Å². The number of carbonyl (C=O) groups excluding carboxylic acids is 1. The van der Waals surface area contributed by atoms with Gasteiger partial charge < -0.3 is 9.84 Å². The number of carbonyl (C=O) groups is 1. The van der Waals surface area contributed by atoms with Crippen molar-refractivity contribution in [3.05, 3.63) is 29.8 Å². The molecule has 0 spiro atoms. The van der Waals surface area contributed by atoms with Crippen molar-refractivity contribution < 1.29 is 27.8 Å². The van der Waals surface area contributed by atoms with Crippen molar-refractivity contribution in [1.29, 1.82) is 0 Å². The summed E-state index contributed by atoms with van der Waals surface area (Å²) in [5, 5.41) is 9.67. The van der Waals surface area contributed by atoms with E-state index in [1.165, 1.54) is 0 Å². The van der Waals surface area contributed by atoms with Gasteiger partial charge in [-0.25, -0.2) is 0 Å². The minimum absolute atomic E-state index is 0.250. The molecule has 110 valence electrons. The standard InChI is InChI=1S/C14H15F3O3/c1-12(8-13(19,9-18)14(15,16)17)6-7-20-11-5-3-2-4-10(11)12/h2-5,9,19H,6-8H2,1H3. The number of aldehydes is 1. The highest BCUT2D eigenvalue weighted by Gasteiger charge is 2.57. The van der Waals surface area contributed by atoms with Crippen molar-refractivity contribution in [3.8, 4) is 5.75 Å². The fraction of sp³-hybridized carbons (Fsp3) is 0.500. The highest BCUT2D eigenvalue weighted by atomic mass is 19.4. The zero-order chi connectivity index (χ0) is 15.0. The first-order valence-corrected chi connectivity index (χ1v) is 6.20. The summed E-state index contributed by atoms with van der Waals surface area (Å²) >= 11 is 0. The Bertz CT molecular complexity index is 515. The first-order valence-electron chi connectivity index (χ1n) is 6.20. The zero-order valence-electron chi connectivity index (χ0n) is 10.9. The highest BCUT2D eigenvalue weighted by Crippen LogP contribution is 2.46. The molecule has 6 heteroatoms. The van der Waals surface area contributed by atoms with E-state index in [4.69, 9.17) is 4.74 Å². The zero-order valence-corrected chi connectivity index (χ0v) is 10.9. The van der Waals surface area contributed by atoms with E-state index in [2.05, 4.69) is 0 Å². The van der Waals surface area contributed by atoms with Crippen LogP contribution in [0.25, 0.3) is 0 Å². The maximum atomic E-state index is 12.9. The lowest BCUT2D eigenvalue weighted by molar-refractivity contribution is -0.251. The van der Waals surface area contributed by atoms with Crippen molar-refractivity contribution in [1.82, 2.24) is 0 Å². The summed E-state index contributed by atoms with van der Waals surface area (Å²) in [6.45, 7) is 1.86. The van der Waals surface area contributed by atoms with E-state index in [-0.39, 0.29) is 6.61 Å². The lowest BCUT2D eigenvalue weighted by Crippen LogP contribution is -2.51. The van der Waals surface area contributed by atoms with E-state index in [0.717, 1.165) is 0 Å². The van der Waals surface area contributed by atoms with Gasteiger partial charge in [0.05, 0.1) is 6.61 Å². The van der Waals surface area contributed by atoms with Crippen molar-refractivity contribution in [3.63, 3.8) is 0 Å². The molecule has 1 aromatic carbocycles. The van der Waals surface area contributed by atoms with Crippen molar-refractivity contribution >= 4 is 6.29 Å². The van der Waals surface area contributed by atoms with Crippen LogP contribution in [0.5, 0.6) is 5.75 Å². The fourth-order valence-electron chi connectivity index (χ4n) is 2.60. The van der Waals surface area contributed by atoms with Crippen molar-refractivity contribution in [2.24, 2.45) is 0 Å². The number of ether oxygens (including phenoxy) is 1. The van der Waals surface area contributed by atoms with Crippen molar-refractivity contribution in [2.75, 3.05) is 6.61 Å². The summed E-state index contributed by atoms with van der Waals surface area (Å²) in [5.74, 6) is 0.497. The van der Waals surface area contributed by atoms with E-state index in [1.54, 1.807) is 31.2 Å². The van der Waals surface area contributed by atoms with Gasteiger partial charge in [0.2, 0.25) is 5.60 Å². The highest BCUT2D eigenvalue weighted by molar-refractivity contribution is 5.64. The third-order valence-electron chi connectivity index (χ3n) is 3.79. The Balaban J connectivity index is 2.40. The van der Waals surface area contributed by atoms with Gasteiger partial charge in [0.1, 0.15) is 5.75 Å². The molecule has 0 aromatic heterocycles. The molecular formula is C14H15F3O3. The van der Waals surface area contributed by atoms with E-state index in [9.17, 15) is 23.1 Å². The summed E-state index contributed by atoms with van der Waals surface area (Å²) in [5.41, 5.74) is -3.73. The molecule has 1 aromatic rings. The molecule has 0 fully saturated rings. The smallest absolute Gasteiger partial charge is 0.424 e. The third kappa shape index (κ3) is 2.40. The number of benzene rings is 1. The molecule has 1 heterocycles. The predicted molar refractivity (Wildman–Crippen MR) is 65.6 cm³/mol. The summed E-state index contributed by atoms with van der Waals surface area (Å²) < 4.78 is 44.1. The maximum Gasteiger partial charge on any atom is 0.424 e. The van der Waals surface area contributed by atoms with Gasteiger partial charge in [-0.2, -0.15) is 13.2 Å². The fourth-order valence-corrected chi connectivity index (χ4v) is 2.60. The normalized spacial score (nSPS) is 25.2. The Hall–Kier alpha value is -1.56. The largest absolute Gasteiger partial charge is 0.493 e. The Morgan fingerprint density at radius 1 is 1.40 bits per heavy atom. The van der Waals surface area contributed by atoms with Crippen molar-refractivity contribution in [2.45, 2.75) is 37.0 Å². The molecule has 2 atom stereocenters. The predicted octanol–water partition coefficient (Wildman–Crippen LogP) is 2.61. The van der Waals surface area contributed by atoms with Gasteiger partial charge in [0.15, 0.2) is 6.29 Å². The van der Waals surface area contributed by atoms with Gasteiger partial charge in [-0.15, -0.1) is 0 Å². The summed E-state index contributed by atoms with van der Waals surface area (Å²) in [7, 11) is 0. The first-order chi connectivity index (χ1) is 9.22. The SMILES string of the molecule is CC1(CC(O)(C=O)C(F)(F)F)CCOc2ccccc21. The van der Waals surface area contributed by atoms with Crippen LogP contribution in [0, 0.1) is 0 Å². The molecule has 0 radical (unpaired) electrons. The summed E-state index contributed by atoms with van der Waals surface area (Å²) in [4.78, 5) is 10.8. The lowest BCUT2D eigenvalue weighted by atomic mass is 9.70. The van der Waals surface area contributed by atoms with Crippen LogP contribution in [0.1, 0.15) is 25.3 Å². The van der Waals surface area contributed by atoms with Crippen LogP contribution in [-0.4, -0.2) is 29.8 Å². The van der Waals surface area contributed by atoms with Crippen LogP contribution in [0.15, 0.2) is 24.3 Å². The number of aliphatic hydroxyl groups is 1. The number of hydrogen-bond acceptors (Lipinski definition) is 3. The van der Waals surface area contributed by atoms with Gasteiger partial charge in [-0.05, 0) is 12.5 Å². The number of hydrogen-bond donors (Lipinski definition) is 1. The molecule has 0 saturated carbocycles. The van der Waals surface area contributed by atoms with E-state index in [1.807, 2.05) is 0 Å². The number of alkyl halides is 3. The Labute approximate surface area is 114 Å². The Morgan fingerprint density at radius 3 is 2.65 bits per heavy atom. The molecule has 0 bridgehead atoms. The van der Waals surface area contributed by atoms with Crippen LogP contribution in [0.3, 0.4) is 0 Å². The molecule has 1 aliphatic heterocycles. The molecule has 0 amide bonds. The first kappa shape index (κ1) is 14.8. The summed E-state index contributed by atoms with van der Waals surface area (Å²) in [6.07, 6.45) is -5.83. The summed E-state index contributed by atoms with van der Waals surface area (Å²) in [6, 6.07) is 6.75. The monoisotopic (exact) mass is 288 g/mol. The van der Waals surface area contributed by atoms with E-state index in [0.29, 0.717) is 17.7 Å². The van der Waals surface area contributed by atoms with Gasteiger partial charge >= 0.3 is 6.18 Å². The second-order valence-electron chi connectivity index (χ2n) is 5.37. The Morgan fingerprint density at radius 2 is 2.05 bits per heavy atom. The quantitative estimate of drug-likeness (QED) is 0.870. The average Bonchev–Trinajstić information content (AvgIpc) is 2.37. The third-order valence-corrected chi connectivity index (χ3v) is 3.79. The molecule has 20 heavy (non-hydrogen) atoms. The minimum atomic E-state index is -5.00. The van der Waals surface area contributed by atoms with Crippen LogP contribution >= 0.6 is 0 Å². The topological polar surface area (TPSA) is 46.5 Å². The number of para-hydroxylation sites is 1. The average molecular weight is 288 g/mol. The Kier molecular flexibility index (Phi) is 3.54.